The van der Waals surface area contributed by atoms with E-state index in [4.69, 9.17) is 4.42 Å². The lowest BCUT2D eigenvalue weighted by Gasteiger charge is -2.25. The molecule has 0 spiro atoms. The number of aryl methyl sites for hydroxylation is 1. The molecule has 0 aliphatic carbocycles. The van der Waals surface area contributed by atoms with Gasteiger partial charge in [-0.1, -0.05) is 12.1 Å². The number of oxazole rings is 1. The Bertz CT molecular complexity index is 810. The third-order valence-electron chi connectivity index (χ3n) is 3.78. The fraction of sp³-hybridized carbons (Fsp3) is 0.438. The van der Waals surface area contributed by atoms with Crippen LogP contribution in [-0.4, -0.2) is 53.7 Å². The van der Waals surface area contributed by atoms with Crippen molar-refractivity contribution in [3.8, 4) is 11.3 Å². The fourth-order valence-electron chi connectivity index (χ4n) is 2.40. The number of aromatic nitrogens is 1. The Hall–Kier alpha value is -1.00. The molecule has 0 radical (unpaired) electrons. The van der Waals surface area contributed by atoms with E-state index in [1.807, 2.05) is 0 Å². The molecule has 1 saturated heterocycles. The summed E-state index contributed by atoms with van der Waals surface area (Å²) in [4.78, 5) is 4.38. The predicted octanol–water partition coefficient (Wildman–Crippen LogP) is 2.14. The summed E-state index contributed by atoms with van der Waals surface area (Å²) in [6.45, 7) is 1.76. The van der Waals surface area contributed by atoms with Gasteiger partial charge in [0.25, 0.3) is 0 Å². The Morgan fingerprint density at radius 2 is 1.88 bits per heavy atom. The molecule has 25 heavy (non-hydrogen) atoms. The molecule has 0 bridgehead atoms. The molecule has 1 aromatic heterocycles. The molecule has 2 N–H and O–H groups in total. The van der Waals surface area contributed by atoms with Crippen LogP contribution in [0.4, 0.5) is 0 Å². The van der Waals surface area contributed by atoms with E-state index in [-0.39, 0.29) is 11.4 Å². The van der Waals surface area contributed by atoms with Gasteiger partial charge in [-0.05, 0) is 12.1 Å². The topological polar surface area (TPSA) is 92.4 Å². The van der Waals surface area contributed by atoms with Gasteiger partial charge >= 0.3 is 0 Å². The van der Waals surface area contributed by atoms with E-state index in [9.17, 15) is 13.5 Å². The summed E-state index contributed by atoms with van der Waals surface area (Å²) in [6, 6.07) is 6.44. The lowest BCUT2D eigenvalue weighted by Crippen LogP contribution is -2.46. The first-order chi connectivity index (χ1) is 11.9. The zero-order chi connectivity index (χ0) is 17.9. The van der Waals surface area contributed by atoms with E-state index in [2.05, 4.69) is 9.71 Å². The molecule has 1 fully saturated rings. The molecular weight excluding hydrogens is 380 g/mol. The molecule has 0 atom stereocenters. The average molecular weight is 401 g/mol. The van der Waals surface area contributed by atoms with Gasteiger partial charge in [0.15, 0.2) is 5.89 Å². The Morgan fingerprint density at radius 3 is 2.44 bits per heavy atom. The van der Waals surface area contributed by atoms with Gasteiger partial charge in [-0.2, -0.15) is 23.5 Å². The second-order valence-electron chi connectivity index (χ2n) is 5.93. The highest BCUT2D eigenvalue weighted by atomic mass is 32.2. The molecule has 0 saturated carbocycles. The Morgan fingerprint density at radius 1 is 1.24 bits per heavy atom. The second-order valence-corrected chi connectivity index (χ2v) is 9.91. The zero-order valence-electron chi connectivity index (χ0n) is 13.8. The van der Waals surface area contributed by atoms with E-state index in [1.54, 1.807) is 42.6 Å². The van der Waals surface area contributed by atoms with Gasteiger partial charge in [0.05, 0.1) is 10.5 Å². The van der Waals surface area contributed by atoms with E-state index in [0.717, 1.165) is 17.1 Å². The summed E-state index contributed by atoms with van der Waals surface area (Å²) >= 11 is 3.30. The van der Waals surface area contributed by atoms with Gasteiger partial charge < -0.3 is 9.52 Å². The van der Waals surface area contributed by atoms with Crippen molar-refractivity contribution in [1.29, 1.82) is 0 Å². The molecule has 9 heteroatoms. The smallest absolute Gasteiger partial charge is 0.240 e. The molecule has 1 aromatic carbocycles. The van der Waals surface area contributed by atoms with Crippen molar-refractivity contribution in [3.05, 3.63) is 36.4 Å². The zero-order valence-corrected chi connectivity index (χ0v) is 16.2. The highest BCUT2D eigenvalue weighted by Gasteiger charge is 2.30. The van der Waals surface area contributed by atoms with Gasteiger partial charge in [0, 0.05) is 42.0 Å². The molecule has 1 aliphatic heterocycles. The first kappa shape index (κ1) is 18.8. The predicted molar refractivity (Wildman–Crippen MR) is 101 cm³/mol. The van der Waals surface area contributed by atoms with Gasteiger partial charge in [0.1, 0.15) is 12.0 Å². The van der Waals surface area contributed by atoms with Crippen LogP contribution < -0.4 is 4.72 Å². The van der Waals surface area contributed by atoms with Gasteiger partial charge in [-0.3, -0.25) is 0 Å². The van der Waals surface area contributed by atoms with Crippen molar-refractivity contribution in [2.24, 2.45) is 0 Å². The van der Waals surface area contributed by atoms with Crippen LogP contribution >= 0.6 is 23.5 Å². The molecule has 2 aromatic rings. The van der Waals surface area contributed by atoms with E-state index in [0.29, 0.717) is 23.1 Å². The number of hydrogen-bond acceptors (Lipinski definition) is 7. The molecule has 2 heterocycles. The molecule has 0 unspecified atom stereocenters. The van der Waals surface area contributed by atoms with Gasteiger partial charge in [0.2, 0.25) is 10.0 Å². The molecule has 6 nitrogen and oxygen atoms in total. The number of nitrogens with one attached hydrogen (secondary N) is 1. The highest BCUT2D eigenvalue weighted by molar-refractivity contribution is 8.03. The third kappa shape index (κ3) is 4.79. The summed E-state index contributed by atoms with van der Waals surface area (Å²) in [5, 5.41) is 10.6. The largest absolute Gasteiger partial charge is 0.449 e. The minimum Gasteiger partial charge on any atom is -0.449 e. The summed E-state index contributed by atoms with van der Waals surface area (Å²) < 4.78 is 32.7. The summed E-state index contributed by atoms with van der Waals surface area (Å²) in [5.74, 6) is 3.58. The lowest BCUT2D eigenvalue weighted by atomic mass is 10.1. The first-order valence-corrected chi connectivity index (χ1v) is 11.6. The third-order valence-corrected chi connectivity index (χ3v) is 7.93. The molecule has 1 aliphatic rings. The Labute approximate surface area is 155 Å². The van der Waals surface area contributed by atoms with Crippen LogP contribution in [0.1, 0.15) is 5.89 Å². The number of aliphatic hydroxyl groups is 1. The van der Waals surface area contributed by atoms with Crippen LogP contribution in [0.5, 0.6) is 0 Å². The lowest BCUT2D eigenvalue weighted by molar-refractivity contribution is 0.0962. The maximum Gasteiger partial charge on any atom is 0.240 e. The number of benzene rings is 1. The van der Waals surface area contributed by atoms with Gasteiger partial charge in [-0.15, -0.1) is 0 Å². The summed E-state index contributed by atoms with van der Waals surface area (Å²) in [7, 11) is -3.68. The van der Waals surface area contributed by atoms with E-state index in [1.165, 1.54) is 18.4 Å². The van der Waals surface area contributed by atoms with Crippen molar-refractivity contribution in [2.45, 2.75) is 17.4 Å². The van der Waals surface area contributed by atoms with Crippen LogP contribution in [0.2, 0.25) is 0 Å². The maximum absolute atomic E-state index is 12.5. The van der Waals surface area contributed by atoms with Crippen LogP contribution in [0, 0.1) is 6.92 Å². The van der Waals surface area contributed by atoms with E-state index < -0.39 is 15.6 Å². The van der Waals surface area contributed by atoms with Crippen LogP contribution in [0.3, 0.4) is 0 Å². The molecule has 0 amide bonds. The van der Waals surface area contributed by atoms with Crippen LogP contribution in [0.25, 0.3) is 11.3 Å². The van der Waals surface area contributed by atoms with E-state index >= 15 is 0 Å². The minimum absolute atomic E-state index is 0.0135. The van der Waals surface area contributed by atoms with Crippen molar-refractivity contribution >= 4 is 33.5 Å². The number of hydrogen-bond donors (Lipinski definition) is 2. The van der Waals surface area contributed by atoms with Crippen molar-refractivity contribution in [2.75, 3.05) is 29.6 Å². The highest BCUT2D eigenvalue weighted by Crippen LogP contribution is 2.25. The van der Waals surface area contributed by atoms with Crippen molar-refractivity contribution < 1.29 is 17.9 Å². The Balaban J connectivity index is 1.69. The minimum atomic E-state index is -3.68. The maximum atomic E-state index is 12.5. The fourth-order valence-corrected chi connectivity index (χ4v) is 6.05. The van der Waals surface area contributed by atoms with Crippen molar-refractivity contribution in [3.63, 3.8) is 0 Å². The Kier molecular flexibility index (Phi) is 5.79. The molecule has 136 valence electrons. The summed E-state index contributed by atoms with van der Waals surface area (Å²) in [5.41, 5.74) is 0.430. The SMILES string of the molecule is Cc1nc(-c2ccc(S(=O)(=O)NCC3(O)CSCCSC3)cc2)co1. The first-order valence-electron chi connectivity index (χ1n) is 7.78. The van der Waals surface area contributed by atoms with Crippen molar-refractivity contribution in [1.82, 2.24) is 9.71 Å². The van der Waals surface area contributed by atoms with Crippen LogP contribution in [0.15, 0.2) is 39.8 Å². The monoisotopic (exact) mass is 400 g/mol. The average Bonchev–Trinajstić information content (AvgIpc) is 2.91. The number of rotatable bonds is 5. The quantitative estimate of drug-likeness (QED) is 0.794. The van der Waals surface area contributed by atoms with Gasteiger partial charge in [-0.25, -0.2) is 18.1 Å². The molecular formula is C16H20N2O4S3. The second kappa shape index (κ2) is 7.71. The number of nitrogens with zero attached hydrogens (tertiary/aromatic N) is 1. The normalized spacial score (nSPS) is 18.0. The standard InChI is InChI=1S/C16H20N2O4S3/c1-12-18-15(8-22-12)13-2-4-14(5-3-13)25(20,21)17-9-16(19)10-23-6-7-24-11-16/h2-5,8,17,19H,6-7,9-11H2,1H3. The number of sulfonamides is 1. The van der Waals surface area contributed by atoms with Crippen LogP contribution in [-0.2, 0) is 10.0 Å². The number of thioether (sulfide) groups is 2. The summed E-state index contributed by atoms with van der Waals surface area (Å²) in [6.07, 6.45) is 1.54. The molecule has 3 rings (SSSR count).